The molecule has 0 aromatic heterocycles. The fourth-order valence-corrected chi connectivity index (χ4v) is 2.12. The Hall–Kier alpha value is -2.64. The Morgan fingerprint density at radius 1 is 1.17 bits per heavy atom. The molecule has 132 valence electrons. The molecule has 1 N–H and O–H groups in total. The van der Waals surface area contributed by atoms with Crippen molar-refractivity contribution in [1.29, 1.82) is 0 Å². The number of hydrogen-bond acceptors (Lipinski definition) is 6. The van der Waals surface area contributed by atoms with E-state index in [4.69, 9.17) is 4.74 Å². The Labute approximate surface area is 140 Å². The van der Waals surface area contributed by atoms with Crippen LogP contribution in [0.4, 0.5) is 4.79 Å². The highest BCUT2D eigenvalue weighted by molar-refractivity contribution is 5.81. The first-order chi connectivity index (χ1) is 11.0. The van der Waals surface area contributed by atoms with Crippen LogP contribution in [0.3, 0.4) is 0 Å². The summed E-state index contributed by atoms with van der Waals surface area (Å²) in [4.78, 5) is 35.1. The van der Waals surface area contributed by atoms with Gasteiger partial charge in [-0.3, -0.25) is 10.1 Å². The molecule has 0 fully saturated rings. The summed E-state index contributed by atoms with van der Waals surface area (Å²) in [5, 5.41) is 14.0. The number of carbonyl (C=O) groups is 2. The number of benzene rings is 1. The molecule has 0 aliphatic carbocycles. The maximum absolute atomic E-state index is 12.1. The summed E-state index contributed by atoms with van der Waals surface area (Å²) in [7, 11) is 1.06. The van der Waals surface area contributed by atoms with Gasteiger partial charge in [-0.15, -0.1) is 0 Å². The summed E-state index contributed by atoms with van der Waals surface area (Å²) in [5.41, 5.74) is -2.62. The van der Waals surface area contributed by atoms with E-state index in [0.29, 0.717) is 5.56 Å². The van der Waals surface area contributed by atoms with Gasteiger partial charge in [0.25, 0.3) is 0 Å². The van der Waals surface area contributed by atoms with Crippen LogP contribution in [-0.2, 0) is 14.3 Å². The molecule has 0 spiro atoms. The number of nitrogens with zero attached hydrogens (tertiary/aromatic N) is 1. The van der Waals surface area contributed by atoms with Gasteiger partial charge in [-0.2, -0.15) is 0 Å². The zero-order valence-electron chi connectivity index (χ0n) is 14.4. The molecule has 0 unspecified atom stereocenters. The molecule has 0 saturated carbocycles. The first-order valence-electron chi connectivity index (χ1n) is 7.29. The molecular weight excluding hydrogens is 316 g/mol. The number of ether oxygens (including phenoxy) is 2. The fourth-order valence-electron chi connectivity index (χ4n) is 2.12. The van der Waals surface area contributed by atoms with Crippen LogP contribution in [0.25, 0.3) is 0 Å². The highest BCUT2D eigenvalue weighted by Gasteiger charge is 2.56. The van der Waals surface area contributed by atoms with Crippen molar-refractivity contribution in [1.82, 2.24) is 5.32 Å². The first kappa shape index (κ1) is 19.4. The smallest absolute Gasteiger partial charge is 0.408 e. The Morgan fingerprint density at radius 3 is 2.12 bits per heavy atom. The molecule has 1 amide bonds. The van der Waals surface area contributed by atoms with Crippen LogP contribution >= 0.6 is 0 Å². The molecule has 0 radical (unpaired) electrons. The summed E-state index contributed by atoms with van der Waals surface area (Å²) in [5.74, 6) is -1.07. The molecule has 1 aromatic carbocycles. The van der Waals surface area contributed by atoms with Crippen LogP contribution in [0, 0.1) is 10.1 Å². The Bertz CT molecular complexity index is 611. The fraction of sp³-hybridized carbons (Fsp3) is 0.500. The van der Waals surface area contributed by atoms with Crippen LogP contribution in [0.1, 0.15) is 39.3 Å². The minimum Gasteiger partial charge on any atom is -0.464 e. The molecule has 1 rings (SSSR count). The van der Waals surface area contributed by atoms with E-state index in [0.717, 1.165) is 14.0 Å². The summed E-state index contributed by atoms with van der Waals surface area (Å²) >= 11 is 0. The van der Waals surface area contributed by atoms with E-state index in [-0.39, 0.29) is 0 Å². The summed E-state index contributed by atoms with van der Waals surface area (Å²) in [6, 6.07) is 6.90. The molecule has 0 heterocycles. The number of nitro groups is 1. The van der Waals surface area contributed by atoms with Crippen LogP contribution in [0.5, 0.6) is 0 Å². The highest BCUT2D eigenvalue weighted by Crippen LogP contribution is 2.30. The number of amides is 1. The van der Waals surface area contributed by atoms with Crippen molar-refractivity contribution in [2.75, 3.05) is 7.11 Å². The van der Waals surface area contributed by atoms with Crippen LogP contribution in [0.15, 0.2) is 30.3 Å². The lowest BCUT2D eigenvalue weighted by atomic mass is 9.87. The van der Waals surface area contributed by atoms with Crippen molar-refractivity contribution in [3.8, 4) is 0 Å². The number of nitrogens with one attached hydrogen (secondary N) is 1. The molecule has 2 atom stereocenters. The number of esters is 1. The van der Waals surface area contributed by atoms with E-state index in [1.807, 2.05) is 0 Å². The predicted octanol–water partition coefficient (Wildman–Crippen LogP) is 2.46. The third-order valence-electron chi connectivity index (χ3n) is 3.33. The molecule has 24 heavy (non-hydrogen) atoms. The van der Waals surface area contributed by atoms with Gasteiger partial charge in [-0.25, -0.2) is 9.59 Å². The van der Waals surface area contributed by atoms with E-state index in [1.165, 1.54) is 0 Å². The molecule has 8 heteroatoms. The number of carbonyl (C=O) groups excluding carboxylic acids is 2. The second-order valence-corrected chi connectivity index (χ2v) is 6.39. The standard InChI is InChI=1S/C16H22N2O6/c1-15(2,3)24-14(20)17-12(11-9-7-6-8-10-11)16(4,18(21)22)13(19)23-5/h6-10,12H,1-5H3,(H,17,20)/t12-,16+/m0/s1. The molecule has 8 nitrogen and oxygen atoms in total. The van der Waals surface area contributed by atoms with E-state index in [2.05, 4.69) is 10.1 Å². The minimum absolute atomic E-state index is 0.382. The average Bonchev–Trinajstić information content (AvgIpc) is 2.50. The monoisotopic (exact) mass is 338 g/mol. The Morgan fingerprint density at radius 2 is 1.71 bits per heavy atom. The van der Waals surface area contributed by atoms with Crippen LogP contribution < -0.4 is 5.32 Å². The summed E-state index contributed by atoms with van der Waals surface area (Å²) in [6.07, 6.45) is -0.867. The zero-order chi connectivity index (χ0) is 18.5. The third kappa shape index (κ3) is 4.43. The van der Waals surface area contributed by atoms with Gasteiger partial charge in [0, 0.05) is 11.8 Å². The SMILES string of the molecule is COC(=O)[C@@](C)([C@@H](NC(=O)OC(C)(C)C)c1ccccc1)[N+](=O)[O-]. The quantitative estimate of drug-likeness (QED) is 0.502. The van der Waals surface area contributed by atoms with Gasteiger partial charge in [-0.05, 0) is 26.3 Å². The van der Waals surface area contributed by atoms with Crippen molar-refractivity contribution < 1.29 is 24.0 Å². The molecular formula is C16H22N2O6. The number of hydrogen-bond donors (Lipinski definition) is 1. The zero-order valence-corrected chi connectivity index (χ0v) is 14.4. The van der Waals surface area contributed by atoms with Crippen LogP contribution in [-0.4, -0.2) is 35.2 Å². The van der Waals surface area contributed by atoms with E-state index in [1.54, 1.807) is 51.1 Å². The normalized spacial score (nSPS) is 14.9. The Balaban J connectivity index is 3.31. The van der Waals surface area contributed by atoms with Gasteiger partial charge in [0.15, 0.2) is 0 Å². The van der Waals surface area contributed by atoms with Crippen molar-refractivity contribution in [3.63, 3.8) is 0 Å². The number of methoxy groups -OCH3 is 1. The maximum atomic E-state index is 12.1. The second-order valence-electron chi connectivity index (χ2n) is 6.39. The minimum atomic E-state index is -2.22. The molecule has 0 bridgehead atoms. The van der Waals surface area contributed by atoms with Gasteiger partial charge in [-0.1, -0.05) is 30.3 Å². The molecule has 0 saturated heterocycles. The topological polar surface area (TPSA) is 108 Å². The van der Waals surface area contributed by atoms with E-state index in [9.17, 15) is 19.7 Å². The second kappa shape index (κ2) is 7.29. The molecule has 0 aliphatic rings. The molecule has 1 aromatic rings. The number of rotatable bonds is 5. The lowest BCUT2D eigenvalue weighted by Gasteiger charge is -2.29. The van der Waals surface area contributed by atoms with Crippen molar-refractivity contribution in [3.05, 3.63) is 46.0 Å². The third-order valence-corrected chi connectivity index (χ3v) is 3.33. The van der Waals surface area contributed by atoms with Gasteiger partial charge >= 0.3 is 17.6 Å². The lowest BCUT2D eigenvalue weighted by molar-refractivity contribution is -0.556. The highest BCUT2D eigenvalue weighted by atomic mass is 16.6. The van der Waals surface area contributed by atoms with E-state index >= 15 is 0 Å². The summed E-state index contributed by atoms with van der Waals surface area (Å²) < 4.78 is 9.74. The van der Waals surface area contributed by atoms with Gasteiger partial charge in [0.2, 0.25) is 0 Å². The van der Waals surface area contributed by atoms with Crippen LogP contribution in [0.2, 0.25) is 0 Å². The summed E-state index contributed by atoms with van der Waals surface area (Å²) in [6.45, 7) is 6.10. The predicted molar refractivity (Wildman–Crippen MR) is 86.0 cm³/mol. The first-order valence-corrected chi connectivity index (χ1v) is 7.29. The number of alkyl carbamates (subject to hydrolysis) is 1. The molecule has 0 aliphatic heterocycles. The van der Waals surface area contributed by atoms with Crippen molar-refractivity contribution >= 4 is 12.1 Å². The van der Waals surface area contributed by atoms with Crippen molar-refractivity contribution in [2.45, 2.75) is 44.9 Å². The van der Waals surface area contributed by atoms with Gasteiger partial charge in [0.1, 0.15) is 11.6 Å². The Kier molecular flexibility index (Phi) is 5.89. The largest absolute Gasteiger partial charge is 0.464 e. The van der Waals surface area contributed by atoms with E-state index < -0.39 is 34.2 Å². The van der Waals surface area contributed by atoms with Gasteiger partial charge < -0.3 is 14.8 Å². The van der Waals surface area contributed by atoms with Gasteiger partial charge in [0.05, 0.1) is 7.11 Å². The lowest BCUT2D eigenvalue weighted by Crippen LogP contribution is -2.55. The van der Waals surface area contributed by atoms with Crippen molar-refractivity contribution in [2.24, 2.45) is 0 Å². The average molecular weight is 338 g/mol. The maximum Gasteiger partial charge on any atom is 0.408 e.